The molecule has 1 aromatic carbocycles. The van der Waals surface area contributed by atoms with Gasteiger partial charge in [0.15, 0.2) is 0 Å². The summed E-state index contributed by atoms with van der Waals surface area (Å²) in [6, 6.07) is 7.77. The van der Waals surface area contributed by atoms with E-state index in [-0.39, 0.29) is 5.91 Å². The van der Waals surface area contributed by atoms with Crippen molar-refractivity contribution < 1.29 is 9.53 Å². The highest BCUT2D eigenvalue weighted by atomic mass is 35.5. The third-order valence-corrected chi connectivity index (χ3v) is 7.54. The van der Waals surface area contributed by atoms with Crippen LogP contribution in [-0.2, 0) is 16.0 Å². The first-order valence-corrected chi connectivity index (χ1v) is 13.7. The second kappa shape index (κ2) is 12.0. The lowest BCUT2D eigenvalue weighted by atomic mass is 10.2. The van der Waals surface area contributed by atoms with E-state index >= 15 is 0 Å². The number of hydrogen-bond donors (Lipinski definition) is 1. The highest BCUT2D eigenvalue weighted by Crippen LogP contribution is 2.38. The molecule has 0 unspecified atom stereocenters. The van der Waals surface area contributed by atoms with Gasteiger partial charge in [0.1, 0.15) is 18.0 Å². The van der Waals surface area contributed by atoms with E-state index in [0.717, 1.165) is 86.1 Å². The smallest absolute Gasteiger partial charge is 0.249 e. The number of thioether (sulfide) groups is 1. The van der Waals surface area contributed by atoms with Gasteiger partial charge in [0.05, 0.1) is 24.9 Å². The molecular weight excluding hydrogens is 496 g/mol. The highest BCUT2D eigenvalue weighted by Gasteiger charge is 2.23. The van der Waals surface area contributed by atoms with E-state index in [1.165, 1.54) is 5.56 Å². The molecule has 1 fully saturated rings. The SMILES string of the molecule is O=C(C=CCSCCCN1CCOCC1)Nc1cc2c(N3CCc4ccc(Cl)cc43)ncnc2cn1. The van der Waals surface area contributed by atoms with Gasteiger partial charge in [-0.15, -0.1) is 0 Å². The molecule has 0 atom stereocenters. The van der Waals surface area contributed by atoms with Gasteiger partial charge in [0.2, 0.25) is 5.91 Å². The third kappa shape index (κ3) is 6.15. The van der Waals surface area contributed by atoms with Crippen molar-refractivity contribution in [2.24, 2.45) is 0 Å². The van der Waals surface area contributed by atoms with Crippen LogP contribution in [0, 0.1) is 0 Å². The van der Waals surface area contributed by atoms with Gasteiger partial charge >= 0.3 is 0 Å². The molecule has 36 heavy (non-hydrogen) atoms. The molecule has 5 rings (SSSR count). The number of hydrogen-bond acceptors (Lipinski definition) is 8. The quantitative estimate of drug-likeness (QED) is 0.327. The number of halogens is 1. The van der Waals surface area contributed by atoms with Crippen LogP contribution in [0.4, 0.5) is 17.3 Å². The van der Waals surface area contributed by atoms with Gasteiger partial charge in [-0.3, -0.25) is 9.69 Å². The van der Waals surface area contributed by atoms with E-state index < -0.39 is 0 Å². The largest absolute Gasteiger partial charge is 0.379 e. The topological polar surface area (TPSA) is 83.5 Å². The number of carbonyl (C=O) groups excluding carboxylic acids is 1. The van der Waals surface area contributed by atoms with Crippen molar-refractivity contribution in [3.8, 4) is 0 Å². The van der Waals surface area contributed by atoms with Crippen LogP contribution < -0.4 is 10.2 Å². The maximum Gasteiger partial charge on any atom is 0.249 e. The number of amides is 1. The van der Waals surface area contributed by atoms with E-state index in [0.29, 0.717) is 10.8 Å². The molecule has 1 amide bonds. The third-order valence-electron chi connectivity index (χ3n) is 6.30. The second-order valence-electron chi connectivity index (χ2n) is 8.73. The van der Waals surface area contributed by atoms with Gasteiger partial charge in [0, 0.05) is 47.6 Å². The Morgan fingerprint density at radius 3 is 2.94 bits per heavy atom. The van der Waals surface area contributed by atoms with Crippen LogP contribution in [0.15, 0.2) is 48.9 Å². The molecule has 0 aliphatic carbocycles. The van der Waals surface area contributed by atoms with Crippen molar-refractivity contribution in [2.45, 2.75) is 12.8 Å². The number of aromatic nitrogens is 3. The van der Waals surface area contributed by atoms with Gasteiger partial charge in [-0.2, -0.15) is 11.8 Å². The molecule has 0 radical (unpaired) electrons. The Balaban J connectivity index is 1.17. The minimum Gasteiger partial charge on any atom is -0.379 e. The molecular formula is C26H29ClN6O2S. The molecule has 0 saturated carbocycles. The van der Waals surface area contributed by atoms with Crippen LogP contribution in [0.25, 0.3) is 10.9 Å². The van der Waals surface area contributed by atoms with Gasteiger partial charge in [0.25, 0.3) is 0 Å². The highest BCUT2D eigenvalue weighted by molar-refractivity contribution is 7.99. The van der Waals surface area contributed by atoms with Crippen molar-refractivity contribution in [3.05, 3.63) is 59.5 Å². The number of nitrogens with zero attached hydrogens (tertiary/aromatic N) is 5. The molecule has 4 heterocycles. The van der Waals surface area contributed by atoms with Crippen LogP contribution >= 0.6 is 23.4 Å². The van der Waals surface area contributed by atoms with E-state index in [9.17, 15) is 4.79 Å². The zero-order chi connectivity index (χ0) is 24.7. The van der Waals surface area contributed by atoms with Gasteiger partial charge in [-0.05, 0) is 48.9 Å². The Labute approximate surface area is 220 Å². The van der Waals surface area contributed by atoms with E-state index in [1.807, 2.05) is 36.0 Å². The minimum absolute atomic E-state index is 0.201. The summed E-state index contributed by atoms with van der Waals surface area (Å²) in [4.78, 5) is 30.3. The van der Waals surface area contributed by atoms with Crippen molar-refractivity contribution in [2.75, 3.05) is 61.1 Å². The lowest BCUT2D eigenvalue weighted by molar-refractivity contribution is -0.111. The number of carbonyl (C=O) groups is 1. The molecule has 3 aromatic rings. The number of morpholine rings is 1. The summed E-state index contributed by atoms with van der Waals surface area (Å²) in [6.45, 7) is 5.65. The Kier molecular flexibility index (Phi) is 8.32. The lowest BCUT2D eigenvalue weighted by Gasteiger charge is -2.26. The average molecular weight is 525 g/mol. The van der Waals surface area contributed by atoms with Gasteiger partial charge < -0.3 is 15.0 Å². The first-order chi connectivity index (χ1) is 17.7. The molecule has 10 heteroatoms. The first kappa shape index (κ1) is 25.0. The Morgan fingerprint density at radius 2 is 2.06 bits per heavy atom. The molecule has 1 saturated heterocycles. The number of anilines is 3. The molecule has 188 valence electrons. The summed E-state index contributed by atoms with van der Waals surface area (Å²) in [5.41, 5.74) is 3.01. The lowest BCUT2D eigenvalue weighted by Crippen LogP contribution is -2.36. The normalized spacial score (nSPS) is 16.1. The fraction of sp³-hybridized carbons (Fsp3) is 0.385. The maximum atomic E-state index is 12.5. The molecule has 1 N–H and O–H groups in total. The average Bonchev–Trinajstić information content (AvgIpc) is 3.31. The molecule has 8 nitrogen and oxygen atoms in total. The Hall–Kier alpha value is -2.72. The van der Waals surface area contributed by atoms with Gasteiger partial charge in [-0.1, -0.05) is 23.7 Å². The predicted molar refractivity (Wildman–Crippen MR) is 146 cm³/mol. The predicted octanol–water partition coefficient (Wildman–Crippen LogP) is 4.32. The zero-order valence-corrected chi connectivity index (χ0v) is 21.6. The number of rotatable bonds is 9. The molecule has 2 aliphatic rings. The minimum atomic E-state index is -0.201. The standard InChI is InChI=1S/C26H29ClN6O2S/c27-20-5-4-19-6-8-33(23(19)15-20)26-21-16-24(28-17-22(21)29-18-30-26)31-25(34)3-1-13-36-14-2-7-32-9-11-35-12-10-32/h1,3-5,15-18H,2,6-14H2,(H,28,31,34). The van der Waals surface area contributed by atoms with Gasteiger partial charge in [-0.25, -0.2) is 15.0 Å². The van der Waals surface area contributed by atoms with Crippen LogP contribution in [0.3, 0.4) is 0 Å². The van der Waals surface area contributed by atoms with E-state index in [2.05, 4.69) is 36.1 Å². The van der Waals surface area contributed by atoms with Crippen LogP contribution in [0.1, 0.15) is 12.0 Å². The summed E-state index contributed by atoms with van der Waals surface area (Å²) < 4.78 is 5.38. The monoisotopic (exact) mass is 524 g/mol. The maximum absolute atomic E-state index is 12.5. The summed E-state index contributed by atoms with van der Waals surface area (Å²) in [5, 5.41) is 4.38. The van der Waals surface area contributed by atoms with Crippen molar-refractivity contribution >= 4 is 57.5 Å². The fourth-order valence-corrected chi connectivity index (χ4v) is 5.39. The Bertz CT molecular complexity index is 1250. The fourth-order valence-electron chi connectivity index (χ4n) is 4.49. The molecule has 2 aromatic heterocycles. The molecule has 0 spiro atoms. The summed E-state index contributed by atoms with van der Waals surface area (Å²) >= 11 is 8.09. The molecule has 2 aliphatic heterocycles. The first-order valence-electron chi connectivity index (χ1n) is 12.2. The van der Waals surface area contributed by atoms with E-state index in [1.54, 1.807) is 18.6 Å². The van der Waals surface area contributed by atoms with Crippen molar-refractivity contribution in [1.82, 2.24) is 19.9 Å². The second-order valence-corrected chi connectivity index (χ2v) is 10.3. The number of pyridine rings is 1. The Morgan fingerprint density at radius 1 is 1.17 bits per heavy atom. The molecule has 0 bridgehead atoms. The van der Waals surface area contributed by atoms with Crippen molar-refractivity contribution in [1.29, 1.82) is 0 Å². The number of ether oxygens (including phenoxy) is 1. The van der Waals surface area contributed by atoms with Crippen molar-refractivity contribution in [3.63, 3.8) is 0 Å². The van der Waals surface area contributed by atoms with Crippen LogP contribution in [0.2, 0.25) is 5.02 Å². The van der Waals surface area contributed by atoms with Crippen LogP contribution in [0.5, 0.6) is 0 Å². The summed E-state index contributed by atoms with van der Waals surface area (Å²) in [6.07, 6.45) is 8.74. The summed E-state index contributed by atoms with van der Waals surface area (Å²) in [7, 11) is 0. The number of nitrogens with one attached hydrogen (secondary N) is 1. The zero-order valence-electron chi connectivity index (χ0n) is 20.0. The number of fused-ring (bicyclic) bond motifs is 2. The van der Waals surface area contributed by atoms with E-state index in [4.69, 9.17) is 16.3 Å². The summed E-state index contributed by atoms with van der Waals surface area (Å²) in [5.74, 6) is 2.92. The van der Waals surface area contributed by atoms with Crippen LogP contribution in [-0.4, -0.2) is 76.7 Å². The number of benzene rings is 1.